The average Bonchev–Trinajstić information content (AvgIpc) is 2.04. The lowest BCUT2D eigenvalue weighted by Crippen LogP contribution is -1.99. The molecule has 0 saturated carbocycles. The third-order valence-electron chi connectivity index (χ3n) is 1.47. The number of carbonyl (C=O) groups excluding carboxylic acids is 1. The Kier molecular flexibility index (Phi) is 2.95. The summed E-state index contributed by atoms with van der Waals surface area (Å²) in [5, 5.41) is 0. The third-order valence-corrected chi connectivity index (χ3v) is 1.47. The van der Waals surface area contributed by atoms with E-state index in [-0.39, 0.29) is 17.9 Å². The van der Waals surface area contributed by atoms with Crippen molar-refractivity contribution in [2.24, 2.45) is 0 Å². The van der Waals surface area contributed by atoms with Crippen LogP contribution in [0.2, 0.25) is 0 Å². The van der Waals surface area contributed by atoms with Crippen molar-refractivity contribution in [2.75, 3.05) is 6.61 Å². The van der Waals surface area contributed by atoms with E-state index < -0.39 is 11.6 Å². The first-order valence-electron chi connectivity index (χ1n) is 3.76. The molecule has 70 valence electrons. The maximum absolute atomic E-state index is 12.9. The first kappa shape index (κ1) is 9.64. The average molecular weight is 186 g/mol. The Hall–Kier alpha value is -1.45. The number of aldehydes is 1. The molecule has 0 saturated heterocycles. The van der Waals surface area contributed by atoms with Gasteiger partial charge in [-0.15, -0.1) is 0 Å². The quantitative estimate of drug-likeness (QED) is 0.676. The molecular formula is C9H8F2O2. The van der Waals surface area contributed by atoms with Crippen molar-refractivity contribution >= 4 is 6.29 Å². The van der Waals surface area contributed by atoms with Gasteiger partial charge in [-0.25, -0.2) is 8.78 Å². The highest BCUT2D eigenvalue weighted by Crippen LogP contribution is 2.21. The van der Waals surface area contributed by atoms with Crippen LogP contribution in [0, 0.1) is 11.6 Å². The van der Waals surface area contributed by atoms with Crippen LogP contribution in [0.4, 0.5) is 8.78 Å². The van der Waals surface area contributed by atoms with Gasteiger partial charge in [-0.05, 0) is 6.92 Å². The lowest BCUT2D eigenvalue weighted by Gasteiger charge is -2.06. The zero-order valence-electron chi connectivity index (χ0n) is 7.01. The molecule has 0 fully saturated rings. The topological polar surface area (TPSA) is 26.3 Å². The van der Waals surface area contributed by atoms with Gasteiger partial charge in [0.15, 0.2) is 6.29 Å². The molecule has 1 aromatic carbocycles. The molecule has 0 heterocycles. The summed E-state index contributed by atoms with van der Waals surface area (Å²) >= 11 is 0. The van der Waals surface area contributed by atoms with Gasteiger partial charge < -0.3 is 4.74 Å². The predicted octanol–water partition coefficient (Wildman–Crippen LogP) is 2.18. The van der Waals surface area contributed by atoms with Gasteiger partial charge in [-0.2, -0.15) is 0 Å². The SMILES string of the molecule is CCOc1cc(F)cc(F)c1C=O. The number of hydrogen-bond donors (Lipinski definition) is 0. The Bertz CT molecular complexity index is 324. The summed E-state index contributed by atoms with van der Waals surface area (Å²) in [4.78, 5) is 10.4. The first-order chi connectivity index (χ1) is 6.19. The van der Waals surface area contributed by atoms with Gasteiger partial charge in [0.1, 0.15) is 17.4 Å². The fourth-order valence-corrected chi connectivity index (χ4v) is 0.950. The molecule has 0 aliphatic rings. The molecule has 0 spiro atoms. The summed E-state index contributed by atoms with van der Waals surface area (Å²) in [6.07, 6.45) is 0.305. The second-order valence-corrected chi connectivity index (χ2v) is 2.35. The van der Waals surface area contributed by atoms with Crippen molar-refractivity contribution in [3.05, 3.63) is 29.3 Å². The van der Waals surface area contributed by atoms with E-state index >= 15 is 0 Å². The molecule has 0 radical (unpaired) electrons. The van der Waals surface area contributed by atoms with E-state index in [1.807, 2.05) is 0 Å². The summed E-state index contributed by atoms with van der Waals surface area (Å²) in [5.41, 5.74) is -0.247. The van der Waals surface area contributed by atoms with Gasteiger partial charge in [0, 0.05) is 12.1 Å². The van der Waals surface area contributed by atoms with Crippen LogP contribution in [0.5, 0.6) is 5.75 Å². The normalized spacial score (nSPS) is 9.77. The Labute approximate surface area is 74.1 Å². The second-order valence-electron chi connectivity index (χ2n) is 2.35. The minimum absolute atomic E-state index is 0.0602. The van der Waals surface area contributed by atoms with Crippen LogP contribution in [-0.4, -0.2) is 12.9 Å². The van der Waals surface area contributed by atoms with E-state index in [0.29, 0.717) is 12.4 Å². The van der Waals surface area contributed by atoms with Crippen molar-refractivity contribution < 1.29 is 18.3 Å². The smallest absolute Gasteiger partial charge is 0.156 e. The van der Waals surface area contributed by atoms with Crippen molar-refractivity contribution in [1.29, 1.82) is 0 Å². The maximum atomic E-state index is 12.9. The Morgan fingerprint density at radius 2 is 2.15 bits per heavy atom. The number of rotatable bonds is 3. The van der Waals surface area contributed by atoms with Crippen LogP contribution < -0.4 is 4.74 Å². The number of carbonyl (C=O) groups is 1. The summed E-state index contributed by atoms with van der Waals surface area (Å²) in [7, 11) is 0. The number of ether oxygens (including phenoxy) is 1. The van der Waals surface area contributed by atoms with Crippen LogP contribution in [0.25, 0.3) is 0 Å². The Morgan fingerprint density at radius 1 is 1.46 bits per heavy atom. The van der Waals surface area contributed by atoms with Crippen LogP contribution in [0.1, 0.15) is 17.3 Å². The molecule has 0 amide bonds. The molecule has 0 unspecified atom stereocenters. The van der Waals surface area contributed by atoms with Gasteiger partial charge in [-0.3, -0.25) is 4.79 Å². The van der Waals surface area contributed by atoms with Gasteiger partial charge in [0.25, 0.3) is 0 Å². The zero-order chi connectivity index (χ0) is 9.84. The molecule has 2 nitrogen and oxygen atoms in total. The molecule has 0 bridgehead atoms. The highest BCUT2D eigenvalue weighted by molar-refractivity contribution is 5.79. The molecule has 13 heavy (non-hydrogen) atoms. The van der Waals surface area contributed by atoms with Crippen molar-refractivity contribution in [1.82, 2.24) is 0 Å². The minimum Gasteiger partial charge on any atom is -0.493 e. The zero-order valence-corrected chi connectivity index (χ0v) is 7.01. The van der Waals surface area contributed by atoms with Crippen LogP contribution in [0.15, 0.2) is 12.1 Å². The van der Waals surface area contributed by atoms with Gasteiger partial charge in [0.05, 0.1) is 12.2 Å². The largest absolute Gasteiger partial charge is 0.493 e. The van der Waals surface area contributed by atoms with Gasteiger partial charge in [0.2, 0.25) is 0 Å². The van der Waals surface area contributed by atoms with Crippen LogP contribution in [0.3, 0.4) is 0 Å². The van der Waals surface area contributed by atoms with Crippen molar-refractivity contribution in [2.45, 2.75) is 6.92 Å². The first-order valence-corrected chi connectivity index (χ1v) is 3.76. The lowest BCUT2D eigenvalue weighted by molar-refractivity contribution is 0.111. The van der Waals surface area contributed by atoms with Gasteiger partial charge in [-0.1, -0.05) is 0 Å². The molecule has 1 aromatic rings. The fraction of sp³-hybridized carbons (Fsp3) is 0.222. The molecule has 0 aromatic heterocycles. The molecule has 4 heteroatoms. The highest BCUT2D eigenvalue weighted by Gasteiger charge is 2.10. The lowest BCUT2D eigenvalue weighted by atomic mass is 10.2. The van der Waals surface area contributed by atoms with E-state index in [4.69, 9.17) is 4.74 Å². The van der Waals surface area contributed by atoms with Crippen LogP contribution >= 0.6 is 0 Å². The van der Waals surface area contributed by atoms with E-state index in [2.05, 4.69) is 0 Å². The summed E-state index contributed by atoms with van der Waals surface area (Å²) < 4.78 is 30.4. The number of halogens is 2. The van der Waals surface area contributed by atoms with Gasteiger partial charge >= 0.3 is 0 Å². The highest BCUT2D eigenvalue weighted by atomic mass is 19.1. The molecular weight excluding hydrogens is 178 g/mol. The summed E-state index contributed by atoms with van der Waals surface area (Å²) in [6, 6.07) is 1.63. The third kappa shape index (κ3) is 2.02. The minimum atomic E-state index is -0.904. The van der Waals surface area contributed by atoms with Crippen molar-refractivity contribution in [3.63, 3.8) is 0 Å². The monoisotopic (exact) mass is 186 g/mol. The van der Waals surface area contributed by atoms with E-state index in [1.54, 1.807) is 6.92 Å². The molecule has 0 atom stereocenters. The number of benzene rings is 1. The predicted molar refractivity (Wildman–Crippen MR) is 42.9 cm³/mol. The van der Waals surface area contributed by atoms with Crippen molar-refractivity contribution in [3.8, 4) is 5.75 Å². The molecule has 0 aliphatic carbocycles. The molecule has 0 aliphatic heterocycles. The Morgan fingerprint density at radius 3 is 2.69 bits per heavy atom. The summed E-state index contributed by atoms with van der Waals surface area (Å²) in [6.45, 7) is 1.92. The van der Waals surface area contributed by atoms with E-state index in [0.717, 1.165) is 6.07 Å². The van der Waals surface area contributed by atoms with E-state index in [9.17, 15) is 13.6 Å². The Balaban J connectivity index is 3.20. The summed E-state index contributed by atoms with van der Waals surface area (Å²) in [5.74, 6) is -1.72. The molecule has 1 rings (SSSR count). The van der Waals surface area contributed by atoms with Crippen LogP contribution in [-0.2, 0) is 0 Å². The van der Waals surface area contributed by atoms with E-state index in [1.165, 1.54) is 0 Å². The molecule has 0 N–H and O–H groups in total. The fourth-order valence-electron chi connectivity index (χ4n) is 0.950. The maximum Gasteiger partial charge on any atom is 0.156 e. The standard InChI is InChI=1S/C9H8F2O2/c1-2-13-9-4-6(10)3-8(11)7(9)5-12/h3-5H,2H2,1H3. The number of hydrogen-bond acceptors (Lipinski definition) is 2. The second kappa shape index (κ2) is 3.98.